The van der Waals surface area contributed by atoms with E-state index in [1.54, 1.807) is 0 Å². The fraction of sp³-hybridized carbons (Fsp3) is 1.00. The van der Waals surface area contributed by atoms with Crippen molar-refractivity contribution >= 4 is 0 Å². The molecule has 0 rings (SSSR count). The lowest BCUT2D eigenvalue weighted by Gasteiger charge is -2.20. The molecule has 0 aliphatic heterocycles. The van der Waals surface area contributed by atoms with Crippen LogP contribution in [0.2, 0.25) is 0 Å². The van der Waals surface area contributed by atoms with Crippen molar-refractivity contribution in [3.63, 3.8) is 0 Å². The zero-order valence-corrected chi connectivity index (χ0v) is 9.12. The molecule has 0 saturated carbocycles. The van der Waals surface area contributed by atoms with Gasteiger partial charge in [-0.05, 0) is 51.9 Å². The van der Waals surface area contributed by atoms with Gasteiger partial charge in [-0.15, -0.1) is 0 Å². The van der Waals surface area contributed by atoms with Gasteiger partial charge in [0.2, 0.25) is 0 Å². The Morgan fingerprint density at radius 1 is 0.786 bits per heavy atom. The Morgan fingerprint density at radius 3 is 1.64 bits per heavy atom. The van der Waals surface area contributed by atoms with Crippen molar-refractivity contribution in [1.29, 1.82) is 0 Å². The third-order valence-corrected chi connectivity index (χ3v) is 2.27. The van der Waals surface area contributed by atoms with Crippen LogP contribution in [0, 0.1) is 0 Å². The molecule has 0 saturated heterocycles. The number of hydrogen-bond donors (Lipinski definition) is 3. The highest BCUT2D eigenvalue weighted by molar-refractivity contribution is 4.58. The first-order valence-electron chi connectivity index (χ1n) is 5.58. The summed E-state index contributed by atoms with van der Waals surface area (Å²) in [6, 6.07) is 0. The summed E-state index contributed by atoms with van der Waals surface area (Å²) in [6.45, 7) is 4.62. The second kappa shape index (κ2) is 10.9. The first kappa shape index (κ1) is 13.8. The summed E-state index contributed by atoms with van der Waals surface area (Å²) in [7, 11) is 0. The van der Waals surface area contributed by atoms with Crippen molar-refractivity contribution in [3.05, 3.63) is 0 Å². The van der Waals surface area contributed by atoms with E-state index in [0.717, 1.165) is 58.4 Å². The van der Waals surface area contributed by atoms with Gasteiger partial charge in [0.05, 0.1) is 6.61 Å². The van der Waals surface area contributed by atoms with Crippen molar-refractivity contribution < 1.29 is 5.11 Å². The average Bonchev–Trinajstić information content (AvgIpc) is 2.18. The molecule has 0 atom stereocenters. The van der Waals surface area contributed by atoms with E-state index in [0.29, 0.717) is 0 Å². The Morgan fingerprint density at radius 2 is 1.29 bits per heavy atom. The Kier molecular flexibility index (Phi) is 10.8. The van der Waals surface area contributed by atoms with Gasteiger partial charge in [-0.25, -0.2) is 0 Å². The minimum Gasteiger partial charge on any atom is -0.395 e. The predicted octanol–water partition coefficient (Wildman–Crippen LogP) is -0.241. The highest BCUT2D eigenvalue weighted by Gasteiger charge is 2.02. The van der Waals surface area contributed by atoms with Crippen LogP contribution in [-0.4, -0.2) is 49.3 Å². The topological polar surface area (TPSA) is 75.5 Å². The smallest absolute Gasteiger partial charge is 0.0558 e. The van der Waals surface area contributed by atoms with Gasteiger partial charge in [0.25, 0.3) is 0 Å². The predicted molar refractivity (Wildman–Crippen MR) is 60.1 cm³/mol. The van der Waals surface area contributed by atoms with E-state index in [1.165, 1.54) is 0 Å². The molecule has 4 nitrogen and oxygen atoms in total. The maximum absolute atomic E-state index is 8.86. The molecular formula is C10H25N3O. The van der Waals surface area contributed by atoms with E-state index in [1.807, 2.05) is 0 Å². The number of aliphatic hydroxyl groups excluding tert-OH is 1. The molecule has 0 unspecified atom stereocenters. The van der Waals surface area contributed by atoms with Crippen molar-refractivity contribution in [2.45, 2.75) is 25.7 Å². The van der Waals surface area contributed by atoms with Crippen molar-refractivity contribution in [2.75, 3.05) is 39.3 Å². The van der Waals surface area contributed by atoms with Crippen molar-refractivity contribution in [1.82, 2.24) is 4.90 Å². The van der Waals surface area contributed by atoms with Crippen LogP contribution in [0.3, 0.4) is 0 Å². The molecule has 0 radical (unpaired) electrons. The minimum absolute atomic E-state index is 0.241. The maximum Gasteiger partial charge on any atom is 0.0558 e. The lowest BCUT2D eigenvalue weighted by molar-refractivity contribution is 0.191. The molecule has 4 heteroatoms. The molecule has 0 heterocycles. The van der Waals surface area contributed by atoms with E-state index in [9.17, 15) is 0 Å². The van der Waals surface area contributed by atoms with Gasteiger partial charge in [0, 0.05) is 6.54 Å². The van der Waals surface area contributed by atoms with E-state index in [4.69, 9.17) is 16.6 Å². The Balaban J connectivity index is 3.44. The number of hydrogen-bond acceptors (Lipinski definition) is 4. The van der Waals surface area contributed by atoms with Gasteiger partial charge in [-0.2, -0.15) is 0 Å². The van der Waals surface area contributed by atoms with Crippen LogP contribution < -0.4 is 11.5 Å². The lowest BCUT2D eigenvalue weighted by Crippen LogP contribution is -2.29. The fourth-order valence-electron chi connectivity index (χ4n) is 1.44. The summed E-state index contributed by atoms with van der Waals surface area (Å²) in [5.41, 5.74) is 10.9. The second-order valence-corrected chi connectivity index (χ2v) is 3.56. The highest BCUT2D eigenvalue weighted by atomic mass is 16.3. The quantitative estimate of drug-likeness (QED) is 0.428. The monoisotopic (exact) mass is 203 g/mol. The molecule has 0 aliphatic rings. The molecule has 0 aliphatic carbocycles. The van der Waals surface area contributed by atoms with E-state index >= 15 is 0 Å². The lowest BCUT2D eigenvalue weighted by atomic mass is 10.2. The van der Waals surface area contributed by atoms with Crippen LogP contribution in [0.5, 0.6) is 0 Å². The molecule has 0 aromatic carbocycles. The van der Waals surface area contributed by atoms with E-state index < -0.39 is 0 Å². The maximum atomic E-state index is 8.86. The van der Waals surface area contributed by atoms with Crippen molar-refractivity contribution in [2.24, 2.45) is 11.5 Å². The number of nitrogens with zero attached hydrogens (tertiary/aromatic N) is 1. The first-order valence-corrected chi connectivity index (χ1v) is 5.58. The van der Waals surface area contributed by atoms with Gasteiger partial charge < -0.3 is 21.5 Å². The fourth-order valence-corrected chi connectivity index (χ4v) is 1.44. The summed E-state index contributed by atoms with van der Waals surface area (Å²) in [4.78, 5) is 2.28. The summed E-state index contributed by atoms with van der Waals surface area (Å²) in [6.07, 6.45) is 4.38. The van der Waals surface area contributed by atoms with Crippen LogP contribution >= 0.6 is 0 Å². The number of aliphatic hydroxyl groups is 1. The molecule has 5 N–H and O–H groups in total. The molecule has 0 aromatic heterocycles. The molecule has 0 bridgehead atoms. The first-order chi connectivity index (χ1) is 6.85. The molecule has 0 fully saturated rings. The van der Waals surface area contributed by atoms with Gasteiger partial charge in [0.15, 0.2) is 0 Å². The van der Waals surface area contributed by atoms with Gasteiger partial charge in [-0.3, -0.25) is 0 Å². The second-order valence-electron chi connectivity index (χ2n) is 3.56. The average molecular weight is 203 g/mol. The molecule has 0 spiro atoms. The van der Waals surface area contributed by atoms with E-state index in [-0.39, 0.29) is 6.61 Å². The van der Waals surface area contributed by atoms with Crippen LogP contribution in [0.4, 0.5) is 0 Å². The van der Waals surface area contributed by atoms with Crippen LogP contribution in [0.1, 0.15) is 25.7 Å². The summed E-state index contributed by atoms with van der Waals surface area (Å²) in [5.74, 6) is 0. The third kappa shape index (κ3) is 8.44. The van der Waals surface area contributed by atoms with Crippen molar-refractivity contribution in [3.8, 4) is 0 Å². The Hall–Kier alpha value is -0.160. The minimum atomic E-state index is 0.241. The number of nitrogens with two attached hydrogens (primary N) is 2. The van der Waals surface area contributed by atoms with Gasteiger partial charge in [0.1, 0.15) is 0 Å². The van der Waals surface area contributed by atoms with Gasteiger partial charge >= 0.3 is 0 Å². The number of rotatable bonds is 10. The molecule has 0 amide bonds. The molecule has 14 heavy (non-hydrogen) atoms. The van der Waals surface area contributed by atoms with Crippen LogP contribution in [0.25, 0.3) is 0 Å². The van der Waals surface area contributed by atoms with Crippen LogP contribution in [0.15, 0.2) is 0 Å². The molecular weight excluding hydrogens is 178 g/mol. The normalized spacial score (nSPS) is 11.1. The summed E-state index contributed by atoms with van der Waals surface area (Å²) < 4.78 is 0. The SMILES string of the molecule is NCCCCN(CCO)CCCCN. The van der Waals surface area contributed by atoms with Gasteiger partial charge in [-0.1, -0.05) is 0 Å². The largest absolute Gasteiger partial charge is 0.395 e. The summed E-state index contributed by atoms with van der Waals surface area (Å²) in [5, 5.41) is 8.86. The Labute approximate surface area is 87.3 Å². The van der Waals surface area contributed by atoms with E-state index in [2.05, 4.69) is 4.90 Å². The van der Waals surface area contributed by atoms with Crippen LogP contribution in [-0.2, 0) is 0 Å². The summed E-state index contributed by atoms with van der Waals surface area (Å²) >= 11 is 0. The molecule has 86 valence electrons. The zero-order chi connectivity index (χ0) is 10.6. The zero-order valence-electron chi connectivity index (χ0n) is 9.12. The Bertz CT molecular complexity index is 102. The third-order valence-electron chi connectivity index (χ3n) is 2.27. The molecule has 0 aromatic rings. The standard InChI is InChI=1S/C10H25N3O/c11-5-1-3-7-13(9-10-14)8-4-2-6-12/h14H,1-12H2. The highest BCUT2D eigenvalue weighted by Crippen LogP contribution is 1.97. The number of unbranched alkanes of at least 4 members (excludes halogenated alkanes) is 2.